The number of nitrogens with zero attached hydrogens (tertiary/aromatic N) is 3. The number of aromatic amines is 1. The summed E-state index contributed by atoms with van der Waals surface area (Å²) in [5, 5.41) is 102. The average Bonchev–Trinajstić information content (AvgIpc) is 1.58. The number of aliphatic hydroxyl groups excluding tert-OH is 4. The van der Waals surface area contributed by atoms with Gasteiger partial charge in [-0.1, -0.05) is 76.2 Å². The van der Waals surface area contributed by atoms with Gasteiger partial charge in [0.25, 0.3) is 0 Å². The summed E-state index contributed by atoms with van der Waals surface area (Å²) in [5.41, 5.74) is 9.08. The van der Waals surface area contributed by atoms with Crippen LogP contribution in [0.2, 0.25) is 0 Å². The highest BCUT2D eigenvalue weighted by Crippen LogP contribution is 2.57. The fourth-order valence-electron chi connectivity index (χ4n) is 15.0. The molecule has 2 fully saturated rings. The first-order valence-corrected chi connectivity index (χ1v) is 41.1. The highest BCUT2D eigenvalue weighted by Gasteiger charge is 2.54. The summed E-state index contributed by atoms with van der Waals surface area (Å²) in [4.78, 5) is 232. The van der Waals surface area contributed by atoms with Crippen molar-refractivity contribution in [3.05, 3.63) is 137 Å². The lowest BCUT2D eigenvalue weighted by Crippen LogP contribution is -2.63. The molecule has 4 aromatic carbocycles. The molecule has 44 heteroatoms. The number of ether oxygens (including phenoxy) is 2. The van der Waals surface area contributed by atoms with Gasteiger partial charge in [0.15, 0.2) is 17.6 Å². The van der Waals surface area contributed by atoms with E-state index in [4.69, 9.17) is 20.0 Å². The molecule has 0 radical (unpaired) electrons. The number of rotatable bonds is 44. The number of aromatic hydroxyl groups is 1. The number of H-pyrrole nitrogens is 1. The number of hydrogen-bond donors (Lipinski definition) is 22. The van der Waals surface area contributed by atoms with E-state index >= 15 is 0 Å². The van der Waals surface area contributed by atoms with E-state index in [9.17, 15) is 112 Å². The molecule has 127 heavy (non-hydrogen) atoms. The van der Waals surface area contributed by atoms with Gasteiger partial charge in [-0.05, 0) is 101 Å². The standard InChI is InChI=1S/C83H108N18O26/c1-40(2)67(77(118)99-69(44(7)103)78(119)98-68(41(3)4)81(122)123)97-76(117)59-20-14-28-101(59)80(121)57(38-102)96-74(115)54(29-45-15-9-8-10-16-45)94-71(112)43(6)90-70(111)42(5)91-73(114)55(30-46-34-85-39-88-46)95-72(113)53(25-26-66(109)110)93-75(116)58-19-13-27-100(58)79(120)56(33-62(84)105)92-65(108)36-87-63(106)35-86-64(107)37-89-127-48-22-24-52-61(32-48)125-60-31-47(104)21-23-51(60)83(52)50-18-12-11-17-49(50)82(124)126-83/h8-12,15-18,21-24,31-32,34,39-44,53-59,67-69,76,81,89,97,102-104,117,122-123H,13-14,19-20,25-30,33,35-38H2,1-7H3,(H2,84,105)(H,85,88)(H,86,107)(H,87,106)(H,90,111)(H,91,114)(H,92,108)(H,93,116)(H,94,112)(H,95,113)(H,96,115)(H,98,119)(H,99,118)(H,109,110)/t42-,43-,44+,53-,54-,55-,56-,57-,58-,59-,67-,68-,69-,76?,83?/m0/s1. The molecule has 4 aliphatic heterocycles. The molecule has 0 aliphatic carbocycles. The number of carboxylic acids is 1. The maximum atomic E-state index is 14.4. The Bertz CT molecular complexity index is 4840. The molecule has 1 spiro atoms. The molecule has 2 saturated heterocycles. The number of carbonyl (C=O) groups excluding carboxylic acids is 15. The van der Waals surface area contributed by atoms with Crippen molar-refractivity contribution in [2.24, 2.45) is 17.6 Å². The maximum Gasteiger partial charge on any atom is 0.340 e. The number of nitrogens with two attached hydrogens (primary N) is 1. The van der Waals surface area contributed by atoms with E-state index < -0.39 is 249 Å². The van der Waals surface area contributed by atoms with Crippen LogP contribution in [0.5, 0.6) is 23.0 Å². The molecule has 44 nitrogen and oxygen atoms in total. The molecule has 0 bridgehead atoms. The summed E-state index contributed by atoms with van der Waals surface area (Å²) < 4.78 is 12.2. The highest BCUT2D eigenvalue weighted by molar-refractivity contribution is 6.01. The first-order chi connectivity index (χ1) is 60.3. The van der Waals surface area contributed by atoms with E-state index in [1.165, 1.54) is 62.5 Å². The monoisotopic (exact) mass is 1770 g/mol. The molecule has 5 aromatic rings. The van der Waals surface area contributed by atoms with E-state index in [-0.39, 0.29) is 73.9 Å². The number of primary amides is 1. The molecule has 2 unspecified atom stereocenters. The number of phenolic OH excluding ortho intramolecular Hbond substituents is 1. The Morgan fingerprint density at radius 3 is 1.82 bits per heavy atom. The van der Waals surface area contributed by atoms with Crippen LogP contribution < -0.4 is 84.6 Å². The zero-order chi connectivity index (χ0) is 92.8. The number of likely N-dealkylation sites (tertiary alicyclic amines) is 2. The Balaban J connectivity index is 0.758. The van der Waals surface area contributed by atoms with E-state index in [2.05, 4.69) is 79.2 Å². The number of fused-ring (bicyclic) bond motifs is 6. The van der Waals surface area contributed by atoms with Crippen molar-refractivity contribution in [3.63, 3.8) is 0 Å². The third kappa shape index (κ3) is 25.5. The molecular formula is C83H108N18O26. The van der Waals surface area contributed by atoms with Gasteiger partial charge in [-0.2, -0.15) is 0 Å². The van der Waals surface area contributed by atoms with E-state index in [0.717, 1.165) is 4.90 Å². The van der Waals surface area contributed by atoms with Crippen LogP contribution in [0.15, 0.2) is 104 Å². The van der Waals surface area contributed by atoms with Crippen molar-refractivity contribution < 1.29 is 127 Å². The number of benzene rings is 4. The lowest BCUT2D eigenvalue weighted by atomic mass is 9.77. The molecule has 686 valence electrons. The topological polar surface area (TPSA) is 660 Å². The van der Waals surface area contributed by atoms with Crippen molar-refractivity contribution >= 4 is 94.6 Å². The summed E-state index contributed by atoms with van der Waals surface area (Å²) in [6, 6.07) is 6.34. The van der Waals surface area contributed by atoms with Crippen LogP contribution in [0.1, 0.15) is 132 Å². The van der Waals surface area contributed by atoms with Crippen LogP contribution in [0.25, 0.3) is 0 Å². The molecule has 23 N–H and O–H groups in total. The Kier molecular flexibility index (Phi) is 34.2. The van der Waals surface area contributed by atoms with Crippen LogP contribution in [0, 0.1) is 11.8 Å². The Morgan fingerprint density at radius 1 is 0.591 bits per heavy atom. The summed E-state index contributed by atoms with van der Waals surface area (Å²) in [6.45, 7) is 7.06. The number of aliphatic hydroxyl groups is 5. The maximum absolute atomic E-state index is 14.4. The van der Waals surface area contributed by atoms with E-state index in [0.29, 0.717) is 34.2 Å². The van der Waals surface area contributed by atoms with Gasteiger partial charge in [0.2, 0.25) is 82.7 Å². The number of hydroxylamine groups is 1. The molecule has 0 saturated carbocycles. The van der Waals surface area contributed by atoms with Gasteiger partial charge in [0, 0.05) is 73.1 Å². The van der Waals surface area contributed by atoms with Gasteiger partial charge < -0.3 is 129 Å². The number of phenols is 1. The second-order valence-corrected chi connectivity index (χ2v) is 31.8. The van der Waals surface area contributed by atoms with Gasteiger partial charge in [-0.25, -0.2) is 9.78 Å². The number of nitrogens with one attached hydrogen (secondary N) is 14. The largest absolute Gasteiger partial charge is 0.508 e. The van der Waals surface area contributed by atoms with Crippen LogP contribution in [-0.4, -0.2) is 281 Å². The van der Waals surface area contributed by atoms with Crippen LogP contribution in [0.4, 0.5) is 0 Å². The summed E-state index contributed by atoms with van der Waals surface area (Å²) >= 11 is 0. The number of aliphatic carboxylic acids is 1. The van der Waals surface area contributed by atoms with Crippen LogP contribution in [0.3, 0.4) is 0 Å². The van der Waals surface area contributed by atoms with E-state index in [1.54, 1.807) is 94.4 Å². The van der Waals surface area contributed by atoms with Crippen LogP contribution in [-0.2, 0) is 95.1 Å². The fourth-order valence-corrected chi connectivity index (χ4v) is 15.0. The first kappa shape index (κ1) is 97.5. The normalized spacial score (nSPS) is 18.3. The van der Waals surface area contributed by atoms with Gasteiger partial charge in [-0.15, -0.1) is 5.48 Å². The van der Waals surface area contributed by atoms with Gasteiger partial charge in [0.05, 0.1) is 62.2 Å². The number of aromatic nitrogens is 2. The number of carboxylic acid groups (broad SMARTS) is 1. The highest BCUT2D eigenvalue weighted by atomic mass is 16.6. The average molecular weight is 1770 g/mol. The Hall–Kier alpha value is -13.3. The summed E-state index contributed by atoms with van der Waals surface area (Å²) in [7, 11) is 0. The van der Waals surface area contributed by atoms with E-state index in [1.807, 2.05) is 0 Å². The van der Waals surface area contributed by atoms with Crippen molar-refractivity contribution in [1.29, 1.82) is 0 Å². The minimum atomic E-state index is -1.97. The molecule has 5 heterocycles. The van der Waals surface area contributed by atoms with Gasteiger partial charge >= 0.3 is 11.9 Å². The third-order valence-corrected chi connectivity index (χ3v) is 21.6. The molecular weight excluding hydrogens is 1670 g/mol. The second kappa shape index (κ2) is 44.6. The Labute approximate surface area is 727 Å². The van der Waals surface area contributed by atoms with Crippen molar-refractivity contribution in [2.75, 3.05) is 39.3 Å². The molecule has 4 aliphatic rings. The zero-order valence-corrected chi connectivity index (χ0v) is 70.5. The minimum Gasteiger partial charge on any atom is -0.508 e. The number of esters is 1. The number of hydrogen-bond acceptors (Lipinski definition) is 28. The predicted octanol–water partition coefficient (Wildman–Crippen LogP) is -5.32. The van der Waals surface area contributed by atoms with Crippen molar-refractivity contribution in [2.45, 2.75) is 203 Å². The SMILES string of the molecule is CC(C)[C@H](NC(=O)[C@@H](NC(=O)[C@@H](NC(O)[C@@H]1CCCN1C(=O)[C@H](CO)NC(=O)[C@H](Cc1ccccc1)NC(=O)[C@H](C)NC(=O)[C@H](C)NC(=O)[C@H](Cc1cnc[nH]1)NC(=O)[C@H](CCC(=O)O)NC(=O)[C@@H]1CCCN1C(=O)[C@H](CC(N)=O)NC(=O)CNC(=O)CNC(=O)CNOc1ccc2c(c1)Oc1cc(O)ccc1C21OC(=O)c2ccccc21)C(C)C)[C@@H](C)O)C(O)O. The second-order valence-electron chi connectivity index (χ2n) is 31.8. The number of amides is 14. The summed E-state index contributed by atoms with van der Waals surface area (Å²) in [5.74, 6) is -16.1. The quantitative estimate of drug-likeness (QED) is 0.00984. The summed E-state index contributed by atoms with van der Waals surface area (Å²) in [6.07, 6.45) is -4.64. The minimum absolute atomic E-state index is 0.0140. The Morgan fingerprint density at radius 2 is 1.17 bits per heavy atom. The smallest absolute Gasteiger partial charge is 0.340 e. The van der Waals surface area contributed by atoms with Gasteiger partial charge in [-0.3, -0.25) is 77.2 Å². The number of carbonyl (C=O) groups is 16. The lowest BCUT2D eigenvalue weighted by Gasteiger charge is -2.36. The number of imidazole rings is 1. The zero-order valence-electron chi connectivity index (χ0n) is 70.5. The fraction of sp³-hybridized carbons (Fsp3) is 0.482. The lowest BCUT2D eigenvalue weighted by molar-refractivity contribution is -0.143. The predicted molar refractivity (Wildman–Crippen MR) is 442 cm³/mol. The van der Waals surface area contributed by atoms with Crippen LogP contribution >= 0.6 is 0 Å². The molecule has 14 amide bonds. The van der Waals surface area contributed by atoms with Gasteiger partial charge in [0.1, 0.15) is 84.4 Å². The first-order valence-electron chi connectivity index (χ1n) is 41.1. The van der Waals surface area contributed by atoms with Crippen molar-refractivity contribution in [3.8, 4) is 23.0 Å². The third-order valence-electron chi connectivity index (χ3n) is 21.6. The van der Waals surface area contributed by atoms with Crippen molar-refractivity contribution in [1.82, 2.24) is 89.0 Å². The molecule has 15 atom stereocenters. The molecule has 9 rings (SSSR count). The molecule has 1 aromatic heterocycles.